The summed E-state index contributed by atoms with van der Waals surface area (Å²) < 4.78 is 0. The molecule has 1 aromatic carbocycles. The van der Waals surface area contributed by atoms with Crippen LogP contribution in [0.2, 0.25) is 0 Å². The van der Waals surface area contributed by atoms with E-state index in [-0.39, 0.29) is 11.9 Å². The van der Waals surface area contributed by atoms with E-state index in [1.165, 1.54) is 0 Å². The molecular formula is C22H35N3O2. The van der Waals surface area contributed by atoms with Gasteiger partial charge < -0.3 is 16.4 Å². The molecular weight excluding hydrogens is 338 g/mol. The molecule has 0 atom stereocenters. The van der Waals surface area contributed by atoms with Gasteiger partial charge in [-0.15, -0.1) is 0 Å². The maximum atomic E-state index is 12.1. The van der Waals surface area contributed by atoms with Crippen molar-refractivity contribution in [2.75, 3.05) is 6.54 Å². The molecule has 5 heteroatoms. The Morgan fingerprint density at radius 1 is 0.889 bits per heavy atom. The van der Waals surface area contributed by atoms with E-state index in [2.05, 4.69) is 24.5 Å². The molecule has 150 valence electrons. The van der Waals surface area contributed by atoms with Gasteiger partial charge in [0, 0.05) is 18.7 Å². The molecule has 0 heterocycles. The van der Waals surface area contributed by atoms with Crippen LogP contribution in [0.3, 0.4) is 0 Å². The smallest absolute Gasteiger partial charge is 0.315 e. The summed E-state index contributed by atoms with van der Waals surface area (Å²) in [6, 6.07) is 9.53. The number of benzene rings is 1. The molecule has 0 bridgehead atoms. The lowest BCUT2D eigenvalue weighted by Crippen LogP contribution is -2.36. The van der Waals surface area contributed by atoms with Crippen LogP contribution in [-0.2, 0) is 11.3 Å². The van der Waals surface area contributed by atoms with Gasteiger partial charge in [0.2, 0.25) is 5.91 Å². The average Bonchev–Trinajstić information content (AvgIpc) is 2.67. The summed E-state index contributed by atoms with van der Waals surface area (Å²) in [5, 5.41) is 5.74. The van der Waals surface area contributed by atoms with Crippen LogP contribution in [0.15, 0.2) is 41.5 Å². The second-order valence-corrected chi connectivity index (χ2v) is 6.88. The number of amides is 3. The van der Waals surface area contributed by atoms with Crippen molar-refractivity contribution in [3.63, 3.8) is 0 Å². The predicted octanol–water partition coefficient (Wildman–Crippen LogP) is 4.43. The quantitative estimate of drug-likeness (QED) is 0.353. The maximum absolute atomic E-state index is 12.1. The number of carbonyl (C=O) groups excluding carboxylic acids is 2. The number of hydrogen-bond acceptors (Lipinski definition) is 2. The molecule has 4 N–H and O–H groups in total. The summed E-state index contributed by atoms with van der Waals surface area (Å²) in [7, 11) is 0. The monoisotopic (exact) mass is 373 g/mol. The molecule has 0 unspecified atom stereocenters. The predicted molar refractivity (Wildman–Crippen MR) is 111 cm³/mol. The molecule has 0 spiro atoms. The molecule has 0 radical (unpaired) electrons. The summed E-state index contributed by atoms with van der Waals surface area (Å²) >= 11 is 0. The zero-order chi connectivity index (χ0) is 19.9. The van der Waals surface area contributed by atoms with Crippen molar-refractivity contribution in [2.45, 2.75) is 71.8 Å². The zero-order valence-electron chi connectivity index (χ0n) is 16.9. The summed E-state index contributed by atoms with van der Waals surface area (Å²) in [4.78, 5) is 24.1. The van der Waals surface area contributed by atoms with Crippen LogP contribution in [0, 0.1) is 0 Å². The Morgan fingerprint density at radius 3 is 2.11 bits per heavy atom. The number of nitrogens with one attached hydrogen (secondary N) is 2. The average molecular weight is 374 g/mol. The molecule has 27 heavy (non-hydrogen) atoms. The first-order valence-corrected chi connectivity index (χ1v) is 10.1. The van der Waals surface area contributed by atoms with E-state index in [0.717, 1.165) is 56.1 Å². The van der Waals surface area contributed by atoms with Crippen LogP contribution < -0.4 is 16.4 Å². The lowest BCUT2D eigenvalue weighted by molar-refractivity contribution is -0.114. The SMILES string of the molecule is CCCCCC(CNC(=O)NCc1ccccc1)=C(CCCCC)C(N)=O. The minimum atomic E-state index is -0.357. The van der Waals surface area contributed by atoms with Gasteiger partial charge in [-0.05, 0) is 36.8 Å². The zero-order valence-corrected chi connectivity index (χ0v) is 16.9. The normalized spacial score (nSPS) is 11.6. The number of rotatable bonds is 13. The Bertz CT molecular complexity index is 597. The Kier molecular flexibility index (Phi) is 11.7. The van der Waals surface area contributed by atoms with E-state index in [9.17, 15) is 9.59 Å². The van der Waals surface area contributed by atoms with Gasteiger partial charge in [0.25, 0.3) is 0 Å². The molecule has 0 fully saturated rings. The van der Waals surface area contributed by atoms with Crippen LogP contribution in [0.4, 0.5) is 4.79 Å². The Hall–Kier alpha value is -2.30. The van der Waals surface area contributed by atoms with E-state index in [1.807, 2.05) is 30.3 Å². The van der Waals surface area contributed by atoms with Crippen LogP contribution in [0.25, 0.3) is 0 Å². The van der Waals surface area contributed by atoms with E-state index in [0.29, 0.717) is 25.1 Å². The summed E-state index contributed by atoms with van der Waals surface area (Å²) in [5.74, 6) is -0.357. The van der Waals surface area contributed by atoms with Crippen molar-refractivity contribution < 1.29 is 9.59 Å². The molecule has 0 saturated heterocycles. The van der Waals surface area contributed by atoms with Gasteiger partial charge in [-0.3, -0.25) is 4.79 Å². The first-order chi connectivity index (χ1) is 13.1. The second kappa shape index (κ2) is 13.8. The van der Waals surface area contributed by atoms with Crippen molar-refractivity contribution in [1.29, 1.82) is 0 Å². The lowest BCUT2D eigenvalue weighted by Gasteiger charge is -2.15. The maximum Gasteiger partial charge on any atom is 0.315 e. The van der Waals surface area contributed by atoms with Gasteiger partial charge in [-0.2, -0.15) is 0 Å². The standard InChI is InChI=1S/C22H35N3O2/c1-3-5-8-14-19(20(21(23)26)15-9-6-4-2)17-25-22(27)24-16-18-12-10-7-11-13-18/h7,10-13H,3-6,8-9,14-17H2,1-2H3,(H2,23,26)(H2,24,25,27). The minimum Gasteiger partial charge on any atom is -0.366 e. The van der Waals surface area contributed by atoms with Gasteiger partial charge >= 0.3 is 6.03 Å². The van der Waals surface area contributed by atoms with Crippen molar-refractivity contribution in [3.05, 3.63) is 47.0 Å². The van der Waals surface area contributed by atoms with Crippen molar-refractivity contribution >= 4 is 11.9 Å². The molecule has 1 aromatic rings. The molecule has 5 nitrogen and oxygen atoms in total. The fourth-order valence-corrected chi connectivity index (χ4v) is 2.99. The topological polar surface area (TPSA) is 84.2 Å². The number of nitrogens with two attached hydrogens (primary N) is 1. The third-order valence-electron chi connectivity index (χ3n) is 4.59. The number of carbonyl (C=O) groups is 2. The van der Waals surface area contributed by atoms with Gasteiger partial charge in [0.1, 0.15) is 0 Å². The third-order valence-corrected chi connectivity index (χ3v) is 4.59. The molecule has 0 aromatic heterocycles. The highest BCUT2D eigenvalue weighted by Crippen LogP contribution is 2.18. The molecule has 0 aliphatic heterocycles. The summed E-state index contributed by atoms with van der Waals surface area (Å²) in [6.45, 7) is 5.12. The first kappa shape index (κ1) is 22.7. The van der Waals surface area contributed by atoms with Gasteiger partial charge in [0.05, 0.1) is 0 Å². The largest absolute Gasteiger partial charge is 0.366 e. The highest BCUT2D eigenvalue weighted by atomic mass is 16.2. The minimum absolute atomic E-state index is 0.232. The Labute approximate surface area is 163 Å². The van der Waals surface area contributed by atoms with Crippen LogP contribution in [0.1, 0.15) is 70.8 Å². The first-order valence-electron chi connectivity index (χ1n) is 10.1. The number of urea groups is 1. The number of primary amides is 1. The van der Waals surface area contributed by atoms with Crippen LogP contribution in [0.5, 0.6) is 0 Å². The van der Waals surface area contributed by atoms with Crippen molar-refractivity contribution in [2.24, 2.45) is 5.73 Å². The van der Waals surface area contributed by atoms with Crippen LogP contribution >= 0.6 is 0 Å². The van der Waals surface area contributed by atoms with E-state index in [4.69, 9.17) is 5.73 Å². The van der Waals surface area contributed by atoms with Gasteiger partial charge in [-0.25, -0.2) is 4.79 Å². The van der Waals surface area contributed by atoms with Crippen molar-refractivity contribution in [1.82, 2.24) is 10.6 Å². The van der Waals surface area contributed by atoms with Gasteiger partial charge in [0.15, 0.2) is 0 Å². The Morgan fingerprint density at radius 2 is 1.52 bits per heavy atom. The fraction of sp³-hybridized carbons (Fsp3) is 0.545. The second-order valence-electron chi connectivity index (χ2n) is 6.88. The molecule has 0 aliphatic rings. The van der Waals surface area contributed by atoms with Gasteiger partial charge in [-0.1, -0.05) is 69.9 Å². The highest BCUT2D eigenvalue weighted by Gasteiger charge is 2.13. The van der Waals surface area contributed by atoms with Crippen LogP contribution in [-0.4, -0.2) is 18.5 Å². The molecule has 1 rings (SSSR count). The van der Waals surface area contributed by atoms with E-state index in [1.54, 1.807) is 0 Å². The number of unbranched alkanes of at least 4 members (excludes halogenated alkanes) is 4. The highest BCUT2D eigenvalue weighted by molar-refractivity contribution is 5.93. The molecule has 3 amide bonds. The fourth-order valence-electron chi connectivity index (χ4n) is 2.99. The Balaban J connectivity index is 2.66. The van der Waals surface area contributed by atoms with E-state index < -0.39 is 0 Å². The number of hydrogen-bond donors (Lipinski definition) is 3. The summed E-state index contributed by atoms with van der Waals surface area (Å²) in [6.07, 6.45) is 7.83. The lowest BCUT2D eigenvalue weighted by atomic mass is 9.96. The third kappa shape index (κ3) is 9.83. The molecule has 0 aliphatic carbocycles. The van der Waals surface area contributed by atoms with E-state index >= 15 is 0 Å². The van der Waals surface area contributed by atoms with Crippen molar-refractivity contribution in [3.8, 4) is 0 Å². The summed E-state index contributed by atoms with van der Waals surface area (Å²) in [5.41, 5.74) is 8.36. The molecule has 0 saturated carbocycles.